The maximum absolute atomic E-state index is 12.6. The van der Waals surface area contributed by atoms with Gasteiger partial charge in [0.25, 0.3) is 17.5 Å². The van der Waals surface area contributed by atoms with Gasteiger partial charge in [-0.2, -0.15) is 0 Å². The first-order valence-electron chi connectivity index (χ1n) is 7.72. The van der Waals surface area contributed by atoms with Crippen LogP contribution in [0.1, 0.15) is 26.3 Å². The van der Waals surface area contributed by atoms with Gasteiger partial charge in [0.05, 0.1) is 23.2 Å². The summed E-state index contributed by atoms with van der Waals surface area (Å²) in [6.45, 7) is 0. The van der Waals surface area contributed by atoms with Crippen LogP contribution in [0.4, 0.5) is 5.69 Å². The number of fused-ring (bicyclic) bond motifs is 1. The second-order valence-electron chi connectivity index (χ2n) is 5.69. The van der Waals surface area contributed by atoms with Crippen LogP contribution in [0.15, 0.2) is 48.5 Å². The van der Waals surface area contributed by atoms with Gasteiger partial charge in [-0.25, -0.2) is 4.79 Å². The van der Waals surface area contributed by atoms with Crippen molar-refractivity contribution < 1.29 is 24.0 Å². The smallest absolute Gasteiger partial charge is 0.329 e. The Morgan fingerprint density at radius 3 is 2.08 bits per heavy atom. The molecule has 132 valence electrons. The third-order valence-corrected chi connectivity index (χ3v) is 4.19. The zero-order valence-corrected chi connectivity index (χ0v) is 13.7. The molecule has 0 saturated heterocycles. The lowest BCUT2D eigenvalue weighted by molar-refractivity contribution is -0.384. The summed E-state index contributed by atoms with van der Waals surface area (Å²) >= 11 is 0. The minimum atomic E-state index is -1.16. The quantitative estimate of drug-likeness (QED) is 0.352. The highest BCUT2D eigenvalue weighted by molar-refractivity contribution is 6.22. The van der Waals surface area contributed by atoms with E-state index in [2.05, 4.69) is 0 Å². The van der Waals surface area contributed by atoms with Crippen molar-refractivity contribution in [2.24, 2.45) is 0 Å². The van der Waals surface area contributed by atoms with Crippen LogP contribution in [0.2, 0.25) is 0 Å². The molecule has 0 fully saturated rings. The first-order valence-corrected chi connectivity index (χ1v) is 7.72. The lowest BCUT2D eigenvalue weighted by Crippen LogP contribution is -2.46. The normalized spacial score (nSPS) is 14.1. The SMILES string of the molecule is COC(=O)[C@H](Cc1ccc([N+](=O)[O-])cc1)N1C(=O)c2ccccc2C1=O. The molecule has 8 heteroatoms. The van der Waals surface area contributed by atoms with E-state index < -0.39 is 28.7 Å². The van der Waals surface area contributed by atoms with Crippen LogP contribution < -0.4 is 0 Å². The molecule has 0 aliphatic carbocycles. The average Bonchev–Trinajstić information content (AvgIpc) is 2.91. The number of hydrogen-bond acceptors (Lipinski definition) is 6. The number of carbonyl (C=O) groups excluding carboxylic acids is 3. The predicted molar refractivity (Wildman–Crippen MR) is 89.5 cm³/mol. The second kappa shape index (κ2) is 6.75. The minimum Gasteiger partial charge on any atom is -0.467 e. The number of non-ortho nitro benzene ring substituents is 1. The van der Waals surface area contributed by atoms with Crippen LogP contribution in [-0.2, 0) is 16.0 Å². The summed E-state index contributed by atoms with van der Waals surface area (Å²) in [5.74, 6) is -1.87. The van der Waals surface area contributed by atoms with Crippen molar-refractivity contribution in [3.05, 3.63) is 75.3 Å². The van der Waals surface area contributed by atoms with E-state index in [1.807, 2.05) is 0 Å². The van der Waals surface area contributed by atoms with E-state index in [0.717, 1.165) is 4.90 Å². The summed E-state index contributed by atoms with van der Waals surface area (Å²) in [6, 6.07) is 10.7. The summed E-state index contributed by atoms with van der Waals surface area (Å²) < 4.78 is 4.76. The summed E-state index contributed by atoms with van der Waals surface area (Å²) in [5.41, 5.74) is 0.928. The molecule has 2 amide bonds. The molecule has 3 rings (SSSR count). The highest BCUT2D eigenvalue weighted by atomic mass is 16.6. The zero-order valence-electron chi connectivity index (χ0n) is 13.7. The van der Waals surface area contributed by atoms with E-state index in [1.54, 1.807) is 12.1 Å². The molecule has 1 heterocycles. The number of benzene rings is 2. The molecule has 2 aromatic carbocycles. The van der Waals surface area contributed by atoms with Gasteiger partial charge in [-0.3, -0.25) is 24.6 Å². The van der Waals surface area contributed by atoms with Gasteiger partial charge in [0.15, 0.2) is 0 Å². The van der Waals surface area contributed by atoms with E-state index in [-0.39, 0.29) is 23.2 Å². The van der Waals surface area contributed by atoms with E-state index in [1.165, 1.54) is 43.5 Å². The summed E-state index contributed by atoms with van der Waals surface area (Å²) in [6.07, 6.45) is -0.00383. The molecule has 26 heavy (non-hydrogen) atoms. The number of esters is 1. The lowest BCUT2D eigenvalue weighted by atomic mass is 10.0. The molecule has 1 atom stereocenters. The van der Waals surface area contributed by atoms with E-state index in [9.17, 15) is 24.5 Å². The molecule has 0 spiro atoms. The van der Waals surface area contributed by atoms with Crippen molar-refractivity contribution in [3.8, 4) is 0 Å². The van der Waals surface area contributed by atoms with Gasteiger partial charge < -0.3 is 4.74 Å². The van der Waals surface area contributed by atoms with Crippen molar-refractivity contribution in [1.29, 1.82) is 0 Å². The summed E-state index contributed by atoms with van der Waals surface area (Å²) in [4.78, 5) is 48.6. The lowest BCUT2D eigenvalue weighted by Gasteiger charge is -2.24. The van der Waals surface area contributed by atoms with Crippen LogP contribution in [0.3, 0.4) is 0 Å². The van der Waals surface area contributed by atoms with E-state index in [0.29, 0.717) is 5.56 Å². The number of nitro groups is 1. The van der Waals surface area contributed by atoms with Crippen LogP contribution in [0, 0.1) is 10.1 Å². The molecule has 1 aliphatic rings. The zero-order chi connectivity index (χ0) is 18.8. The number of methoxy groups -OCH3 is 1. The van der Waals surface area contributed by atoms with Crippen LogP contribution in [-0.4, -0.2) is 40.8 Å². The molecule has 0 bridgehead atoms. The van der Waals surface area contributed by atoms with Gasteiger partial charge in [0.1, 0.15) is 6.04 Å². The molecular formula is C18H14N2O6. The van der Waals surface area contributed by atoms with E-state index >= 15 is 0 Å². The van der Waals surface area contributed by atoms with Crippen molar-refractivity contribution in [1.82, 2.24) is 4.90 Å². The van der Waals surface area contributed by atoms with Gasteiger partial charge in [0, 0.05) is 18.6 Å². The topological polar surface area (TPSA) is 107 Å². The maximum atomic E-state index is 12.6. The van der Waals surface area contributed by atoms with Crippen molar-refractivity contribution in [3.63, 3.8) is 0 Å². The summed E-state index contributed by atoms with van der Waals surface area (Å²) in [5, 5.41) is 10.7. The van der Waals surface area contributed by atoms with Crippen molar-refractivity contribution >= 4 is 23.5 Å². The van der Waals surface area contributed by atoms with Gasteiger partial charge >= 0.3 is 5.97 Å². The number of rotatable bonds is 5. The highest BCUT2D eigenvalue weighted by Gasteiger charge is 2.43. The number of nitrogens with zero attached hydrogens (tertiary/aromatic N) is 2. The molecule has 0 unspecified atom stereocenters. The van der Waals surface area contributed by atoms with Crippen LogP contribution >= 0.6 is 0 Å². The Labute approximate surface area is 148 Å². The van der Waals surface area contributed by atoms with Gasteiger partial charge in [-0.15, -0.1) is 0 Å². The number of carbonyl (C=O) groups is 3. The maximum Gasteiger partial charge on any atom is 0.329 e. The number of hydrogen-bond donors (Lipinski definition) is 0. The van der Waals surface area contributed by atoms with Gasteiger partial charge in [-0.1, -0.05) is 24.3 Å². The summed E-state index contributed by atoms with van der Waals surface area (Å²) in [7, 11) is 1.17. The van der Waals surface area contributed by atoms with Crippen LogP contribution in [0.25, 0.3) is 0 Å². The monoisotopic (exact) mass is 354 g/mol. The minimum absolute atomic E-state index is 0.00383. The Morgan fingerprint density at radius 1 is 1.08 bits per heavy atom. The Hall–Kier alpha value is -3.55. The molecule has 1 aliphatic heterocycles. The molecule has 0 N–H and O–H groups in total. The third-order valence-electron chi connectivity index (χ3n) is 4.19. The Morgan fingerprint density at radius 2 is 1.62 bits per heavy atom. The first kappa shape index (κ1) is 17.3. The fraction of sp³-hybridized carbons (Fsp3) is 0.167. The van der Waals surface area contributed by atoms with Crippen molar-refractivity contribution in [2.45, 2.75) is 12.5 Å². The largest absolute Gasteiger partial charge is 0.467 e. The Balaban J connectivity index is 1.92. The van der Waals surface area contributed by atoms with E-state index in [4.69, 9.17) is 4.74 Å². The third kappa shape index (κ3) is 2.92. The van der Waals surface area contributed by atoms with Gasteiger partial charge in [-0.05, 0) is 17.7 Å². The fourth-order valence-electron chi connectivity index (χ4n) is 2.88. The second-order valence-corrected chi connectivity index (χ2v) is 5.69. The molecule has 8 nitrogen and oxygen atoms in total. The van der Waals surface area contributed by atoms with Crippen LogP contribution in [0.5, 0.6) is 0 Å². The Bertz CT molecular complexity index is 871. The van der Waals surface area contributed by atoms with Gasteiger partial charge in [0.2, 0.25) is 0 Å². The number of ether oxygens (including phenoxy) is 1. The molecule has 0 aromatic heterocycles. The molecule has 0 saturated carbocycles. The highest BCUT2D eigenvalue weighted by Crippen LogP contribution is 2.26. The Kier molecular flexibility index (Phi) is 4.49. The standard InChI is InChI=1S/C18H14N2O6/c1-26-18(23)15(10-11-6-8-12(9-7-11)20(24)25)19-16(21)13-4-2-3-5-14(13)17(19)22/h2-9,15H,10H2,1H3/t15-/m0/s1. The molecule has 2 aromatic rings. The average molecular weight is 354 g/mol. The number of nitro benzene ring substituents is 1. The molecule has 0 radical (unpaired) electrons. The fourth-order valence-corrected chi connectivity index (χ4v) is 2.88. The van der Waals surface area contributed by atoms with Crippen molar-refractivity contribution in [2.75, 3.05) is 7.11 Å². The predicted octanol–water partition coefficient (Wildman–Crippen LogP) is 1.98. The number of amides is 2. The number of imide groups is 1. The molecular weight excluding hydrogens is 340 g/mol. The first-order chi connectivity index (χ1) is 12.4.